The molecule has 9 aromatic rings. The molecule has 12 rings (SSSR count). The van der Waals surface area contributed by atoms with E-state index in [-0.39, 0.29) is 53.0 Å². The van der Waals surface area contributed by atoms with Gasteiger partial charge in [-0.3, -0.25) is 53.0 Å². The number of hydrogen-bond donors (Lipinski definition) is 5. The highest BCUT2D eigenvalue weighted by Gasteiger charge is 2.58. The molecule has 3 saturated heterocycles. The molecule has 3 aromatic heterocycles. The van der Waals surface area contributed by atoms with Crippen LogP contribution in [0.5, 0.6) is 0 Å². The van der Waals surface area contributed by atoms with Gasteiger partial charge in [0.05, 0.1) is 57.4 Å². The number of carboxylic acid groups (broad SMARTS) is 1. The number of carbonyl (C=O) groups is 9. The van der Waals surface area contributed by atoms with Crippen LogP contribution >= 0.6 is 0 Å². The van der Waals surface area contributed by atoms with Crippen molar-refractivity contribution in [3.63, 3.8) is 0 Å². The van der Waals surface area contributed by atoms with Crippen molar-refractivity contribution in [2.24, 2.45) is 5.73 Å². The average molecular weight is 1720 g/mol. The normalized spacial score (nSPS) is 13.9. The topological polar surface area (TPSA) is 366 Å². The number of amides is 10. The standard InChI is InChI=1S/C23H21FN4O5.C22H20FN5O4.C22H19FN4O5.B36/c1-23(2)21(31)28(22(32)27(23)12-19(29)33-3)18-11-13(8-9-16(18)24)10-17-14-6-4-5-7-15(14)20(30)26-25-17;1-22(2)20(31)28(21(32)27(22)11-18(24)29)17-10-12(7-8-15(17)23)9-16-13-5-3-4-6-14(13)19(30)26-25-16;1-22(2)20(31)27(21(32)26(22)11-18(28)29)17-10-12(7-8-15(17)23)9-16-13-5-3-4-6-14(13)19(30)25-24-16;1-20(2)29(19)34(30(21(3)4)22(5)6)36(33(27(15)16)28(17)18)35(31(23(7)8)24(9)10)32(25(11)12)26(13)14/h4-9,11H,10,12H2,1-3H3,(H,26,30);3-8,10H,9,11H2,1-2H3,(H2,24,29)(H,26,30);3-8,10H,9,11H2,1-2H3,(H,25,30)(H,28,29);. The number of esters is 1. The summed E-state index contributed by atoms with van der Waals surface area (Å²) < 4.78 is 48.9. The van der Waals surface area contributed by atoms with E-state index in [2.05, 4.69) is 35.3 Å². The first-order valence-corrected chi connectivity index (χ1v) is 41.3. The molecule has 606 valence electrons. The van der Waals surface area contributed by atoms with E-state index in [4.69, 9.17) is 158 Å². The number of urea groups is 3. The van der Waals surface area contributed by atoms with Crippen LogP contribution in [0.4, 0.5) is 44.6 Å². The van der Waals surface area contributed by atoms with Crippen molar-refractivity contribution >= 4 is 359 Å². The number of hydrogen-bond acceptors (Lipinski definition) is 16. The quantitative estimate of drug-likeness (QED) is 0.0153. The minimum absolute atomic E-state index is 0.197. The molecule has 0 bridgehead atoms. The average Bonchev–Trinajstić information content (AvgIpc) is 1.49. The van der Waals surface area contributed by atoms with Crippen molar-refractivity contribution in [3.05, 3.63) is 210 Å². The Kier molecular flexibility index (Phi) is 35.5. The molecule has 0 atom stereocenters. The lowest BCUT2D eigenvalue weighted by Crippen LogP contribution is -2.91. The van der Waals surface area contributed by atoms with Crippen LogP contribution < -0.4 is 37.1 Å². The predicted octanol–water partition coefficient (Wildman–Crippen LogP) is -7.37. The van der Waals surface area contributed by atoms with Crippen molar-refractivity contribution in [3.8, 4) is 0 Å². The molecule has 133 heavy (non-hydrogen) atoms. The van der Waals surface area contributed by atoms with Gasteiger partial charge in [0.2, 0.25) is 5.91 Å². The van der Waals surface area contributed by atoms with Gasteiger partial charge in [0.25, 0.3) is 34.4 Å². The predicted molar refractivity (Wildman–Crippen MR) is 552 cm³/mol. The maximum atomic E-state index is 14.8. The van der Waals surface area contributed by atoms with Gasteiger partial charge in [-0.1, -0.05) is 72.8 Å². The van der Waals surface area contributed by atoms with Crippen LogP contribution in [0, 0.1) is 17.5 Å². The summed E-state index contributed by atoms with van der Waals surface area (Å²) in [7, 11) is 118. The fourth-order valence-corrected chi connectivity index (χ4v) is 17.1. The number of methoxy groups -OCH3 is 1. The van der Waals surface area contributed by atoms with E-state index in [0.717, 1.165) is 42.7 Å². The molecule has 0 saturated carbocycles. The Morgan fingerprint density at radius 1 is 0.368 bits per heavy atom. The molecule has 6 heterocycles. The number of aromatic nitrogens is 6. The number of imide groups is 3. The van der Waals surface area contributed by atoms with E-state index in [1.807, 2.05) is 0 Å². The SMILES string of the molecule is CC1(C)C(=O)N(c2cc(Cc3n[nH]c(=O)c4ccccc34)ccc2F)C(=O)N1CC(=O)O.CC1(C)C(=O)N(c2cc(Cc3n[nH]c(=O)c4ccccc34)ccc2F)C(=O)N1CC(N)=O.COC(=O)CN1C(=O)N(c2cc(Cc3n[nH]c(=O)c4ccccc34)ccc2F)C(=O)C1(C)C.[B]B([B])B([B])B(B(B([B])[B])B([B])[B])B(B(B([B])[B])B([B])[B])B(B(B([B])[B])B([B])[B])B(B([B])[B])B([B])[B]. The molecule has 3 fully saturated rings. The van der Waals surface area contributed by atoms with E-state index in [1.165, 1.54) is 85.1 Å². The van der Waals surface area contributed by atoms with Gasteiger partial charge in [0.1, 0.15) is 53.7 Å². The summed E-state index contributed by atoms with van der Waals surface area (Å²) in [5.74, 6) is -7.18. The first-order valence-electron chi connectivity index (χ1n) is 41.3. The second kappa shape index (κ2) is 44.3. The van der Waals surface area contributed by atoms with Crippen LogP contribution in [0.1, 0.15) is 75.3 Å². The Balaban J connectivity index is 0.000000199. The monoisotopic (exact) mass is 1720 g/mol. The molecule has 27 nitrogen and oxygen atoms in total. The van der Waals surface area contributed by atoms with Gasteiger partial charge >= 0.3 is 30.0 Å². The van der Waals surface area contributed by atoms with Gasteiger partial charge < -0.3 is 20.5 Å². The third kappa shape index (κ3) is 23.3. The number of aromatic amines is 3. The number of carboxylic acids is 1. The van der Waals surface area contributed by atoms with Gasteiger partial charge in [-0.05, 0) is 113 Å². The third-order valence-corrected chi connectivity index (χ3v) is 23.9. The second-order valence-electron chi connectivity index (χ2n) is 34.0. The summed E-state index contributed by atoms with van der Waals surface area (Å²) >= 11 is 0. The lowest BCUT2D eigenvalue weighted by atomic mass is 8.29. The highest BCUT2D eigenvalue weighted by Crippen LogP contribution is 2.39. The number of primary amides is 1. The third-order valence-electron chi connectivity index (χ3n) is 23.9. The maximum Gasteiger partial charge on any atom is 0.332 e. The van der Waals surface area contributed by atoms with Crippen LogP contribution in [-0.2, 0) is 52.8 Å². The van der Waals surface area contributed by atoms with Crippen LogP contribution in [-0.4, -0.2) is 403 Å². The number of H-pyrrole nitrogens is 3. The fourth-order valence-electron chi connectivity index (χ4n) is 17.1. The molecule has 0 unspecified atom stereocenters. The van der Waals surface area contributed by atoms with Crippen molar-refractivity contribution in [1.82, 2.24) is 45.3 Å². The molecule has 6 N–H and O–H groups in total. The molecule has 6 aromatic carbocycles. The lowest BCUT2D eigenvalue weighted by Gasteiger charge is -2.53. The van der Waals surface area contributed by atoms with Crippen molar-refractivity contribution < 1.29 is 66.2 Å². The molecule has 66 heteroatoms. The van der Waals surface area contributed by atoms with Gasteiger partial charge in [0, 0.05) is 291 Å². The van der Waals surface area contributed by atoms with Gasteiger partial charge in [0.15, 0.2) is 0 Å². The van der Waals surface area contributed by atoms with E-state index >= 15 is 0 Å². The number of halogens is 3. The summed E-state index contributed by atoms with van der Waals surface area (Å²) in [5.41, 5.74) is 2.62. The first-order chi connectivity index (χ1) is 62.2. The van der Waals surface area contributed by atoms with Crippen LogP contribution in [0.2, 0.25) is 0 Å². The summed E-state index contributed by atoms with van der Waals surface area (Å²) in [5, 5.41) is 32.1. The van der Waals surface area contributed by atoms with E-state index in [0.29, 0.717) is 71.0 Å². The summed E-state index contributed by atoms with van der Waals surface area (Å²) in [6.07, 6.45) is -17.7. The Morgan fingerprint density at radius 2 is 0.617 bits per heavy atom. The minimum atomic E-state index is -1.45. The number of nitrogens with two attached hydrogens (primary N) is 1. The van der Waals surface area contributed by atoms with Crippen molar-refractivity contribution in [2.45, 2.75) is 77.4 Å². The van der Waals surface area contributed by atoms with Crippen LogP contribution in [0.15, 0.2) is 142 Å². The summed E-state index contributed by atoms with van der Waals surface area (Å²) in [6.45, 7) is 7.11. The molecular weight excluding hydrogens is 1660 g/mol. The highest BCUT2D eigenvalue weighted by molar-refractivity contribution is 8.30. The first kappa shape index (κ1) is 107. The van der Waals surface area contributed by atoms with Gasteiger partial charge in [-0.25, -0.2) is 57.6 Å². The van der Waals surface area contributed by atoms with E-state index in [1.54, 1.807) is 72.8 Å². The van der Waals surface area contributed by atoms with Crippen molar-refractivity contribution in [2.75, 3.05) is 41.4 Å². The molecule has 38 radical (unpaired) electrons. The summed E-state index contributed by atoms with van der Waals surface area (Å²) in [4.78, 5) is 153. The molecule has 0 spiro atoms. The molecule has 0 aliphatic carbocycles. The van der Waals surface area contributed by atoms with Crippen molar-refractivity contribution in [1.29, 1.82) is 0 Å². The highest BCUT2D eigenvalue weighted by atomic mass is 19.1. The zero-order valence-corrected chi connectivity index (χ0v) is 73.6. The summed E-state index contributed by atoms with van der Waals surface area (Å²) in [6, 6.07) is 30.4. The number of anilines is 3. The number of rotatable bonds is 31. The molecule has 3 aliphatic rings. The number of benzene rings is 6. The fraction of sp³-hybridized carbons (Fsp3) is 0.239. The Morgan fingerprint density at radius 3 is 0.865 bits per heavy atom. The van der Waals surface area contributed by atoms with Gasteiger partial charge in [-0.2, -0.15) is 15.3 Å². The Bertz CT molecular complexity index is 5830. The largest absolute Gasteiger partial charge is 0.480 e. The van der Waals surface area contributed by atoms with Crippen LogP contribution in [0.3, 0.4) is 0 Å². The number of carbonyl (C=O) groups excluding carboxylic acids is 8. The number of aliphatic carboxylic acids is 1. The van der Waals surface area contributed by atoms with Gasteiger partial charge in [-0.15, -0.1) is 0 Å². The number of nitrogens with zero attached hydrogens (tertiary/aromatic N) is 9. The Labute approximate surface area is 799 Å². The zero-order chi connectivity index (χ0) is 99.1. The van der Waals surface area contributed by atoms with E-state index < -0.39 is 216 Å². The molecular formula is C67H60B36F3N13O14. The zero-order valence-electron chi connectivity index (χ0n) is 73.6. The number of fused-ring (bicyclic) bond motifs is 3. The smallest absolute Gasteiger partial charge is 0.332 e. The Hall–Kier alpha value is -9.90. The number of ether oxygens (including phenoxy) is 1. The van der Waals surface area contributed by atoms with E-state index in [9.17, 15) is 70.7 Å². The molecule has 3 aliphatic heterocycles. The maximum absolute atomic E-state index is 14.8. The minimum Gasteiger partial charge on any atom is -0.480 e. The molecule has 10 amide bonds. The number of nitrogens with one attached hydrogen (secondary N) is 3. The lowest BCUT2D eigenvalue weighted by molar-refractivity contribution is -0.142. The van der Waals surface area contributed by atoms with Crippen LogP contribution in [0.25, 0.3) is 32.3 Å². The second-order valence-corrected chi connectivity index (χ2v) is 34.0.